The molecule has 1 aromatic carbocycles. The number of nitrogens with zero attached hydrogens (tertiary/aromatic N) is 1. The van der Waals surface area contributed by atoms with Crippen LogP contribution >= 0.6 is 0 Å². The Morgan fingerprint density at radius 1 is 1.44 bits per heavy atom. The second kappa shape index (κ2) is 4.84. The van der Waals surface area contributed by atoms with Crippen LogP contribution in [0.4, 0.5) is 0 Å². The molecule has 1 aliphatic heterocycles. The molecule has 1 aliphatic rings. The van der Waals surface area contributed by atoms with E-state index >= 15 is 0 Å². The van der Waals surface area contributed by atoms with Gasteiger partial charge in [0.1, 0.15) is 0 Å². The van der Waals surface area contributed by atoms with E-state index in [0.29, 0.717) is 11.5 Å². The maximum absolute atomic E-state index is 11.6. The van der Waals surface area contributed by atoms with Crippen LogP contribution in [0.1, 0.15) is 12.5 Å². The highest BCUT2D eigenvalue weighted by Gasteiger charge is 2.20. The van der Waals surface area contributed by atoms with Gasteiger partial charge in [-0.1, -0.05) is 6.07 Å². The van der Waals surface area contributed by atoms with Crippen LogP contribution in [-0.2, 0) is 16.6 Å². The molecule has 0 saturated carbocycles. The highest BCUT2D eigenvalue weighted by atomic mass is 32.2. The molecular weight excluding hydrogens is 256 g/mol. The molecule has 7 heteroatoms. The molecule has 0 radical (unpaired) electrons. The second-order valence-corrected chi connectivity index (χ2v) is 5.91. The number of fused-ring (bicyclic) bond motifs is 1. The Hall–Kier alpha value is -1.78. The Morgan fingerprint density at radius 2 is 2.17 bits per heavy atom. The van der Waals surface area contributed by atoms with Crippen LogP contribution < -0.4 is 14.2 Å². The smallest absolute Gasteiger partial charge is 0.231 e. The molecular formula is C11H12N2O4S. The van der Waals surface area contributed by atoms with Crippen molar-refractivity contribution in [2.45, 2.75) is 18.7 Å². The van der Waals surface area contributed by atoms with Crippen molar-refractivity contribution in [3.05, 3.63) is 23.8 Å². The Balaban J connectivity index is 2.06. The minimum atomic E-state index is -3.61. The molecule has 1 heterocycles. The van der Waals surface area contributed by atoms with Crippen molar-refractivity contribution in [2.75, 3.05) is 6.79 Å². The Morgan fingerprint density at radius 3 is 2.89 bits per heavy atom. The van der Waals surface area contributed by atoms with E-state index in [-0.39, 0.29) is 13.3 Å². The molecule has 0 saturated heterocycles. The molecule has 0 aliphatic carbocycles. The molecule has 96 valence electrons. The topological polar surface area (TPSA) is 88.4 Å². The lowest BCUT2D eigenvalue weighted by molar-refractivity contribution is 0.174. The van der Waals surface area contributed by atoms with E-state index in [1.54, 1.807) is 24.3 Å². The van der Waals surface area contributed by atoms with Gasteiger partial charge in [0.05, 0.1) is 6.07 Å². The van der Waals surface area contributed by atoms with Gasteiger partial charge in [-0.2, -0.15) is 5.26 Å². The van der Waals surface area contributed by atoms with E-state index in [2.05, 4.69) is 4.72 Å². The Bertz CT molecular complexity index is 592. The van der Waals surface area contributed by atoms with E-state index in [1.165, 1.54) is 6.92 Å². The van der Waals surface area contributed by atoms with Gasteiger partial charge in [-0.3, -0.25) is 0 Å². The van der Waals surface area contributed by atoms with Gasteiger partial charge in [-0.05, 0) is 24.6 Å². The fourth-order valence-electron chi connectivity index (χ4n) is 1.43. The van der Waals surface area contributed by atoms with E-state index in [0.717, 1.165) is 5.56 Å². The van der Waals surface area contributed by atoms with Crippen LogP contribution in [-0.4, -0.2) is 20.5 Å². The lowest BCUT2D eigenvalue weighted by atomic mass is 10.2. The first-order valence-electron chi connectivity index (χ1n) is 5.29. The molecule has 0 amide bonds. The molecule has 0 aromatic heterocycles. The lowest BCUT2D eigenvalue weighted by Crippen LogP contribution is -2.31. The number of hydrogen-bond donors (Lipinski definition) is 1. The largest absolute Gasteiger partial charge is 0.454 e. The summed E-state index contributed by atoms with van der Waals surface area (Å²) in [7, 11) is -3.61. The van der Waals surface area contributed by atoms with Crippen LogP contribution in [0, 0.1) is 11.3 Å². The Kier molecular flexibility index (Phi) is 3.41. The van der Waals surface area contributed by atoms with Crippen LogP contribution in [0.15, 0.2) is 18.2 Å². The summed E-state index contributed by atoms with van der Waals surface area (Å²) < 4.78 is 35.9. The van der Waals surface area contributed by atoms with E-state index in [1.807, 2.05) is 0 Å². The van der Waals surface area contributed by atoms with Gasteiger partial charge in [-0.15, -0.1) is 0 Å². The fraction of sp³-hybridized carbons (Fsp3) is 0.364. The summed E-state index contributed by atoms with van der Waals surface area (Å²) in [5, 5.41) is 7.51. The Labute approximate surface area is 105 Å². The average Bonchev–Trinajstić information content (AvgIpc) is 2.82. The molecule has 1 unspecified atom stereocenters. The fourth-order valence-corrected chi connectivity index (χ4v) is 2.19. The van der Waals surface area contributed by atoms with E-state index in [4.69, 9.17) is 14.7 Å². The van der Waals surface area contributed by atoms with Crippen molar-refractivity contribution < 1.29 is 17.9 Å². The van der Waals surface area contributed by atoms with Crippen LogP contribution in [0.2, 0.25) is 0 Å². The van der Waals surface area contributed by atoms with Crippen molar-refractivity contribution in [1.82, 2.24) is 4.72 Å². The average molecular weight is 268 g/mol. The monoisotopic (exact) mass is 268 g/mol. The van der Waals surface area contributed by atoms with Crippen molar-refractivity contribution in [3.63, 3.8) is 0 Å². The first-order chi connectivity index (χ1) is 8.53. The summed E-state index contributed by atoms with van der Waals surface area (Å²) in [6.45, 7) is 1.63. The van der Waals surface area contributed by atoms with Gasteiger partial charge in [-0.25, -0.2) is 13.1 Å². The summed E-state index contributed by atoms with van der Waals surface area (Å²) in [5.74, 6) is 1.24. The van der Waals surface area contributed by atoms with E-state index < -0.39 is 15.3 Å². The third-order valence-corrected chi connectivity index (χ3v) is 4.14. The van der Waals surface area contributed by atoms with E-state index in [9.17, 15) is 8.42 Å². The summed E-state index contributed by atoms with van der Waals surface area (Å²) in [6, 6.07) is 6.86. The third-order valence-electron chi connectivity index (χ3n) is 2.56. The van der Waals surface area contributed by atoms with Crippen molar-refractivity contribution in [3.8, 4) is 17.6 Å². The third kappa shape index (κ3) is 2.55. The summed E-state index contributed by atoms with van der Waals surface area (Å²) >= 11 is 0. The summed E-state index contributed by atoms with van der Waals surface area (Å²) in [4.78, 5) is 0. The zero-order valence-corrected chi connectivity index (χ0v) is 10.5. The first kappa shape index (κ1) is 12.7. The second-order valence-electron chi connectivity index (χ2n) is 3.83. The number of nitriles is 1. The predicted molar refractivity (Wildman–Crippen MR) is 63.4 cm³/mol. The zero-order chi connectivity index (χ0) is 13.2. The standard InChI is InChI=1S/C11H12N2O4S/c1-8(5-12)18(14,15)13-6-9-2-3-10-11(4-9)17-7-16-10/h2-4,8,13H,6-7H2,1H3. The molecule has 0 spiro atoms. The van der Waals surface area contributed by atoms with Gasteiger partial charge < -0.3 is 9.47 Å². The molecule has 0 bridgehead atoms. The SMILES string of the molecule is CC(C#N)S(=O)(=O)NCc1ccc2c(c1)OCO2. The maximum atomic E-state index is 11.6. The number of rotatable bonds is 4. The lowest BCUT2D eigenvalue weighted by Gasteiger charge is -2.08. The number of benzene rings is 1. The van der Waals surface area contributed by atoms with Gasteiger partial charge >= 0.3 is 0 Å². The number of sulfonamides is 1. The molecule has 1 atom stereocenters. The van der Waals surface area contributed by atoms with Crippen molar-refractivity contribution in [2.24, 2.45) is 0 Å². The van der Waals surface area contributed by atoms with Crippen LogP contribution in [0.25, 0.3) is 0 Å². The normalized spacial score (nSPS) is 15.1. The first-order valence-corrected chi connectivity index (χ1v) is 6.84. The minimum Gasteiger partial charge on any atom is -0.454 e. The molecule has 1 N–H and O–H groups in total. The number of nitrogens with one attached hydrogen (secondary N) is 1. The van der Waals surface area contributed by atoms with Gasteiger partial charge in [0.25, 0.3) is 0 Å². The van der Waals surface area contributed by atoms with Crippen molar-refractivity contribution >= 4 is 10.0 Å². The zero-order valence-electron chi connectivity index (χ0n) is 9.71. The molecule has 0 fully saturated rings. The van der Waals surface area contributed by atoms with Gasteiger partial charge in [0.15, 0.2) is 16.7 Å². The number of hydrogen-bond acceptors (Lipinski definition) is 5. The van der Waals surface area contributed by atoms with Gasteiger partial charge in [0, 0.05) is 6.54 Å². The number of ether oxygens (including phenoxy) is 2. The van der Waals surface area contributed by atoms with Crippen molar-refractivity contribution in [1.29, 1.82) is 5.26 Å². The summed E-state index contributed by atoms with van der Waals surface area (Å²) in [5.41, 5.74) is 0.743. The van der Waals surface area contributed by atoms with Crippen LogP contribution in [0.5, 0.6) is 11.5 Å². The molecule has 1 aromatic rings. The highest BCUT2D eigenvalue weighted by Crippen LogP contribution is 2.32. The summed E-state index contributed by atoms with van der Waals surface area (Å²) in [6.07, 6.45) is 0. The predicted octanol–water partition coefficient (Wildman–Crippen LogP) is 0.747. The molecule has 18 heavy (non-hydrogen) atoms. The quantitative estimate of drug-likeness (QED) is 0.870. The van der Waals surface area contributed by atoms with Crippen LogP contribution in [0.3, 0.4) is 0 Å². The van der Waals surface area contributed by atoms with Gasteiger partial charge in [0.2, 0.25) is 16.8 Å². The highest BCUT2D eigenvalue weighted by molar-refractivity contribution is 7.90. The minimum absolute atomic E-state index is 0.116. The molecule has 2 rings (SSSR count). The molecule has 6 nitrogen and oxygen atoms in total. The maximum Gasteiger partial charge on any atom is 0.231 e.